The molecule has 3 rings (SSSR count). The first-order valence-electron chi connectivity index (χ1n) is 8.68. The van der Waals surface area contributed by atoms with E-state index in [2.05, 4.69) is 40.2 Å². The summed E-state index contributed by atoms with van der Waals surface area (Å²) in [5, 5.41) is 4.36. The molecule has 2 heterocycles. The van der Waals surface area contributed by atoms with Crippen molar-refractivity contribution >= 4 is 11.6 Å². The fourth-order valence-electron chi connectivity index (χ4n) is 3.82. The van der Waals surface area contributed by atoms with E-state index in [1.165, 1.54) is 37.9 Å². The van der Waals surface area contributed by atoms with Crippen molar-refractivity contribution in [2.45, 2.75) is 38.3 Å². The summed E-state index contributed by atoms with van der Waals surface area (Å²) in [5.74, 6) is 0. The van der Waals surface area contributed by atoms with E-state index in [-0.39, 0.29) is 0 Å². The van der Waals surface area contributed by atoms with Gasteiger partial charge in [-0.1, -0.05) is 30.2 Å². The molecule has 3 nitrogen and oxygen atoms in total. The van der Waals surface area contributed by atoms with Crippen LogP contribution in [0, 0.1) is 0 Å². The van der Waals surface area contributed by atoms with E-state index in [1.54, 1.807) is 0 Å². The Morgan fingerprint density at radius 1 is 1.23 bits per heavy atom. The lowest BCUT2D eigenvalue weighted by Crippen LogP contribution is -2.53. The largest absolute Gasteiger partial charge is 0.314 e. The van der Waals surface area contributed by atoms with Crippen molar-refractivity contribution in [1.82, 2.24) is 15.1 Å². The third-order valence-corrected chi connectivity index (χ3v) is 5.30. The van der Waals surface area contributed by atoms with Crippen LogP contribution in [0.5, 0.6) is 0 Å². The van der Waals surface area contributed by atoms with E-state index in [0.29, 0.717) is 12.1 Å². The lowest BCUT2D eigenvalue weighted by Gasteiger charge is -2.42. The first kappa shape index (κ1) is 16.3. The van der Waals surface area contributed by atoms with Crippen molar-refractivity contribution in [3.05, 3.63) is 34.9 Å². The smallest absolute Gasteiger partial charge is 0.0479 e. The molecule has 2 aliphatic rings. The molecule has 1 aromatic rings. The van der Waals surface area contributed by atoms with Crippen LogP contribution in [0.25, 0.3) is 0 Å². The molecule has 0 saturated carbocycles. The normalized spacial score (nSPS) is 26.0. The zero-order valence-corrected chi connectivity index (χ0v) is 14.4. The summed E-state index contributed by atoms with van der Waals surface area (Å²) >= 11 is 6.26. The molecule has 1 N–H and O–H groups in total. The fourth-order valence-corrected chi connectivity index (χ4v) is 4.02. The van der Waals surface area contributed by atoms with Crippen LogP contribution >= 0.6 is 11.6 Å². The minimum Gasteiger partial charge on any atom is -0.314 e. The van der Waals surface area contributed by atoms with E-state index < -0.39 is 0 Å². The number of nitrogens with zero attached hydrogens (tertiary/aromatic N) is 2. The van der Waals surface area contributed by atoms with Gasteiger partial charge in [-0.15, -0.1) is 0 Å². The zero-order valence-electron chi connectivity index (χ0n) is 13.6. The number of hydrogen-bond donors (Lipinski definition) is 1. The molecule has 2 aliphatic heterocycles. The molecule has 0 spiro atoms. The highest BCUT2D eigenvalue weighted by Gasteiger charge is 2.29. The van der Waals surface area contributed by atoms with Gasteiger partial charge < -0.3 is 10.2 Å². The number of piperazine rings is 1. The van der Waals surface area contributed by atoms with Crippen LogP contribution in [0.3, 0.4) is 0 Å². The highest BCUT2D eigenvalue weighted by Crippen LogP contribution is 2.28. The van der Waals surface area contributed by atoms with Crippen LogP contribution < -0.4 is 5.32 Å². The van der Waals surface area contributed by atoms with Crippen molar-refractivity contribution in [3.63, 3.8) is 0 Å². The van der Waals surface area contributed by atoms with E-state index in [9.17, 15) is 0 Å². The molecule has 4 heteroatoms. The Morgan fingerprint density at radius 2 is 2.05 bits per heavy atom. The molecule has 2 saturated heterocycles. The molecule has 0 amide bonds. The Bertz CT molecular complexity index is 473. The number of benzene rings is 1. The molecule has 122 valence electrons. The molecule has 0 bridgehead atoms. The maximum atomic E-state index is 6.26. The SMILES string of the molecule is CC1CNCCN1C(CN1CCCCC1)c1cccc(Cl)c1. The second-order valence-corrected chi connectivity index (χ2v) is 7.16. The summed E-state index contributed by atoms with van der Waals surface area (Å²) in [7, 11) is 0. The molecule has 0 aliphatic carbocycles. The molecule has 2 fully saturated rings. The van der Waals surface area contributed by atoms with Gasteiger partial charge in [-0.3, -0.25) is 4.90 Å². The van der Waals surface area contributed by atoms with Crippen LogP contribution in [-0.2, 0) is 0 Å². The third kappa shape index (κ3) is 4.02. The number of rotatable bonds is 4. The molecular weight excluding hydrogens is 294 g/mol. The standard InChI is InChI=1S/C18H28ClN3/c1-15-13-20-8-11-22(15)18(14-21-9-3-2-4-10-21)16-6-5-7-17(19)12-16/h5-7,12,15,18,20H,2-4,8-11,13-14H2,1H3. The van der Waals surface area contributed by atoms with Gasteiger partial charge in [0.1, 0.15) is 0 Å². The van der Waals surface area contributed by atoms with E-state index >= 15 is 0 Å². The van der Waals surface area contributed by atoms with Crippen LogP contribution in [0.15, 0.2) is 24.3 Å². The zero-order chi connectivity index (χ0) is 15.4. The van der Waals surface area contributed by atoms with Crippen LogP contribution in [0.4, 0.5) is 0 Å². The van der Waals surface area contributed by atoms with Crippen LogP contribution in [0.1, 0.15) is 37.8 Å². The van der Waals surface area contributed by atoms with Gasteiger partial charge >= 0.3 is 0 Å². The lowest BCUT2D eigenvalue weighted by molar-refractivity contribution is 0.0780. The predicted molar refractivity (Wildman–Crippen MR) is 93.5 cm³/mol. The summed E-state index contributed by atoms with van der Waals surface area (Å²) in [5.41, 5.74) is 1.37. The molecule has 2 unspecified atom stereocenters. The Kier molecular flexibility index (Phi) is 5.75. The minimum atomic E-state index is 0.453. The second-order valence-electron chi connectivity index (χ2n) is 6.72. The van der Waals surface area contributed by atoms with Crippen molar-refractivity contribution < 1.29 is 0 Å². The summed E-state index contributed by atoms with van der Waals surface area (Å²) in [4.78, 5) is 5.31. The molecule has 0 radical (unpaired) electrons. The van der Waals surface area contributed by atoms with Crippen LogP contribution in [-0.4, -0.2) is 55.1 Å². The van der Waals surface area contributed by atoms with Crippen molar-refractivity contribution in [2.75, 3.05) is 39.3 Å². The summed E-state index contributed by atoms with van der Waals surface area (Å²) in [6, 6.07) is 9.49. The van der Waals surface area contributed by atoms with Crippen molar-refractivity contribution in [2.24, 2.45) is 0 Å². The lowest BCUT2D eigenvalue weighted by atomic mass is 10.00. The van der Waals surface area contributed by atoms with Gasteiger partial charge in [0.25, 0.3) is 0 Å². The predicted octanol–water partition coefficient (Wildman–Crippen LogP) is 3.16. The van der Waals surface area contributed by atoms with Gasteiger partial charge in [0.2, 0.25) is 0 Å². The van der Waals surface area contributed by atoms with Crippen LogP contribution in [0.2, 0.25) is 5.02 Å². The van der Waals surface area contributed by atoms with E-state index in [0.717, 1.165) is 31.2 Å². The first-order valence-corrected chi connectivity index (χ1v) is 9.06. The maximum absolute atomic E-state index is 6.26. The number of likely N-dealkylation sites (tertiary alicyclic amines) is 1. The van der Waals surface area contributed by atoms with Gasteiger partial charge in [0.15, 0.2) is 0 Å². The van der Waals surface area contributed by atoms with E-state index in [4.69, 9.17) is 11.6 Å². The number of nitrogens with one attached hydrogen (secondary N) is 1. The monoisotopic (exact) mass is 321 g/mol. The topological polar surface area (TPSA) is 18.5 Å². The average Bonchev–Trinajstić information content (AvgIpc) is 2.54. The maximum Gasteiger partial charge on any atom is 0.0479 e. The number of hydrogen-bond acceptors (Lipinski definition) is 3. The van der Waals surface area contributed by atoms with Gasteiger partial charge in [0, 0.05) is 43.3 Å². The number of piperidine rings is 1. The Hall–Kier alpha value is -0.610. The molecule has 0 aromatic heterocycles. The first-order chi connectivity index (χ1) is 10.7. The molecule has 2 atom stereocenters. The van der Waals surface area contributed by atoms with Gasteiger partial charge in [0.05, 0.1) is 0 Å². The van der Waals surface area contributed by atoms with Gasteiger partial charge in [-0.25, -0.2) is 0 Å². The summed E-state index contributed by atoms with van der Waals surface area (Å²) in [6.07, 6.45) is 4.08. The second kappa shape index (κ2) is 7.78. The van der Waals surface area contributed by atoms with E-state index in [1.807, 2.05) is 6.07 Å². The Labute approximate surface area is 139 Å². The summed E-state index contributed by atoms with van der Waals surface area (Å²) < 4.78 is 0. The van der Waals surface area contributed by atoms with Gasteiger partial charge in [-0.05, 0) is 50.6 Å². The van der Waals surface area contributed by atoms with Gasteiger partial charge in [-0.2, -0.15) is 0 Å². The molecule has 22 heavy (non-hydrogen) atoms. The third-order valence-electron chi connectivity index (χ3n) is 5.07. The molecule has 1 aromatic carbocycles. The Morgan fingerprint density at radius 3 is 2.77 bits per heavy atom. The number of halogens is 1. The summed E-state index contributed by atoms with van der Waals surface area (Å²) in [6.45, 7) is 9.24. The average molecular weight is 322 g/mol. The van der Waals surface area contributed by atoms with Crippen molar-refractivity contribution in [1.29, 1.82) is 0 Å². The Balaban J connectivity index is 1.80. The molecular formula is C18H28ClN3. The highest BCUT2D eigenvalue weighted by molar-refractivity contribution is 6.30. The minimum absolute atomic E-state index is 0.453. The highest BCUT2D eigenvalue weighted by atomic mass is 35.5. The van der Waals surface area contributed by atoms with Crippen molar-refractivity contribution in [3.8, 4) is 0 Å². The quantitative estimate of drug-likeness (QED) is 0.919. The fraction of sp³-hybridized carbons (Fsp3) is 0.667.